The van der Waals surface area contributed by atoms with E-state index in [9.17, 15) is 74.6 Å². The molecule has 0 radical (unpaired) electrons. The molecular weight excluding hydrogens is 563 g/mol. The van der Waals surface area contributed by atoms with Crippen molar-refractivity contribution in [1.82, 2.24) is 0 Å². The van der Waals surface area contributed by atoms with Gasteiger partial charge in [-0.3, -0.25) is 0 Å². The molecule has 20 heteroatoms. The Bertz CT molecular complexity index is 713. The molecule has 0 aliphatic carbocycles. The number of hydrogen-bond donors (Lipinski definition) is 0. The van der Waals surface area contributed by atoms with Crippen molar-refractivity contribution < 1.29 is 83.5 Å². The Labute approximate surface area is 187 Å². The lowest BCUT2D eigenvalue weighted by Crippen LogP contribution is -2.74. The van der Waals surface area contributed by atoms with Gasteiger partial charge in [0.15, 0.2) is 0 Å². The van der Waals surface area contributed by atoms with Crippen LogP contribution in [0.3, 0.4) is 0 Å². The Hall–Kier alpha value is -1.05. The van der Waals surface area contributed by atoms with Crippen molar-refractivity contribution in [3.8, 4) is 0 Å². The molecule has 0 aromatic rings. The Morgan fingerprint density at radius 2 is 0.771 bits per heavy atom. The minimum absolute atomic E-state index is 0.312. The Morgan fingerprint density at radius 1 is 0.486 bits per heavy atom. The van der Waals surface area contributed by atoms with Gasteiger partial charge in [-0.15, -0.1) is 0 Å². The van der Waals surface area contributed by atoms with E-state index in [-0.39, 0.29) is 13.2 Å². The summed E-state index contributed by atoms with van der Waals surface area (Å²) in [5.41, 5.74) is 0. The zero-order chi connectivity index (χ0) is 28.7. The van der Waals surface area contributed by atoms with Crippen LogP contribution in [0.15, 0.2) is 0 Å². The first kappa shape index (κ1) is 33.9. The van der Waals surface area contributed by atoms with Gasteiger partial charge in [0.1, 0.15) is 0 Å². The molecule has 212 valence electrons. The quantitative estimate of drug-likeness (QED) is 0.166. The van der Waals surface area contributed by atoms with Crippen LogP contribution in [0, 0.1) is 0 Å². The molecule has 0 aliphatic rings. The van der Waals surface area contributed by atoms with E-state index in [1.165, 1.54) is 13.8 Å². The van der Waals surface area contributed by atoms with Gasteiger partial charge in [-0.1, -0.05) is 0 Å². The second-order valence-corrected chi connectivity index (χ2v) is 10.5. The van der Waals surface area contributed by atoms with E-state index in [1.807, 2.05) is 0 Å². The first-order chi connectivity index (χ1) is 15.1. The summed E-state index contributed by atoms with van der Waals surface area (Å²) in [5, 5.41) is 0. The Kier molecular flexibility index (Phi) is 9.39. The van der Waals surface area contributed by atoms with Gasteiger partial charge < -0.3 is 8.85 Å². The molecule has 0 N–H and O–H groups in total. The normalized spacial score (nSPS) is 16.1. The molecule has 0 atom stereocenters. The molecule has 2 nitrogen and oxygen atoms in total. The molecule has 0 aromatic carbocycles. The molecule has 0 aromatic heterocycles. The summed E-state index contributed by atoms with van der Waals surface area (Å²) in [6.07, 6.45) is -10.3. The number of alkyl halides is 17. The zero-order valence-electron chi connectivity index (χ0n) is 17.6. The minimum atomic E-state index is -8.62. The van der Waals surface area contributed by atoms with Crippen LogP contribution in [0.25, 0.3) is 0 Å². The molecule has 0 spiro atoms. The molecule has 0 unspecified atom stereocenters. The lowest BCUT2D eigenvalue weighted by Gasteiger charge is -2.43. The maximum atomic E-state index is 13.9. The van der Waals surface area contributed by atoms with E-state index in [0.29, 0.717) is 0 Å². The highest BCUT2D eigenvalue weighted by molar-refractivity contribution is 6.66. The lowest BCUT2D eigenvalue weighted by atomic mass is 9.88. The molecule has 0 saturated heterocycles. The topological polar surface area (TPSA) is 18.5 Å². The summed E-state index contributed by atoms with van der Waals surface area (Å²) >= 11 is 0. The largest absolute Gasteiger partial charge is 0.460 e. The van der Waals surface area contributed by atoms with Crippen LogP contribution in [0.5, 0.6) is 0 Å². The van der Waals surface area contributed by atoms with Gasteiger partial charge in [-0.05, 0) is 26.4 Å². The molecule has 0 fully saturated rings. The smallest absolute Gasteiger partial charge is 0.395 e. The van der Waals surface area contributed by atoms with E-state index < -0.39 is 68.7 Å². The summed E-state index contributed by atoms with van der Waals surface area (Å²) in [5.74, 6) is -56.2. The van der Waals surface area contributed by atoms with Crippen molar-refractivity contribution >= 4 is 8.56 Å². The van der Waals surface area contributed by atoms with Crippen molar-refractivity contribution in [2.45, 2.75) is 80.5 Å². The van der Waals surface area contributed by atoms with Crippen molar-refractivity contribution in [2.75, 3.05) is 13.2 Å². The molecular formula is C15H17F17O2Si. The van der Waals surface area contributed by atoms with E-state index in [4.69, 9.17) is 8.85 Å². The highest BCUT2D eigenvalue weighted by atomic mass is 28.4. The monoisotopic (exact) mass is 580 g/mol. The van der Waals surface area contributed by atoms with Crippen LogP contribution in [-0.2, 0) is 8.85 Å². The van der Waals surface area contributed by atoms with Gasteiger partial charge in [-0.25, -0.2) is 0 Å². The summed E-state index contributed by atoms with van der Waals surface area (Å²) < 4.78 is 235. The minimum Gasteiger partial charge on any atom is -0.395 e. The predicted octanol–water partition coefficient (Wildman–Crippen LogP) is 7.53. The SMILES string of the molecule is CCO[Si](C)(CCC(F)(F)C(F)(F)C(F)(F)C(F)(F)C(F)(F)C(F)(F)C(F)(F)C(F)(F)F)OCC. The average Bonchev–Trinajstić information content (AvgIpc) is 2.65. The van der Waals surface area contributed by atoms with Gasteiger partial charge in [0.05, 0.1) is 0 Å². The Balaban J connectivity index is 6.49. The number of hydrogen-bond acceptors (Lipinski definition) is 2. The van der Waals surface area contributed by atoms with Crippen LogP contribution >= 0.6 is 0 Å². The molecule has 0 amide bonds. The summed E-state index contributed by atoms with van der Waals surface area (Å²) in [6, 6.07) is -1.38. The maximum Gasteiger partial charge on any atom is 0.460 e. The van der Waals surface area contributed by atoms with Crippen molar-refractivity contribution in [3.05, 3.63) is 0 Å². The zero-order valence-corrected chi connectivity index (χ0v) is 18.6. The number of rotatable bonds is 13. The highest BCUT2D eigenvalue weighted by Gasteiger charge is 2.95. The summed E-state index contributed by atoms with van der Waals surface area (Å²) in [7, 11) is -3.89. The molecule has 0 saturated carbocycles. The van der Waals surface area contributed by atoms with Gasteiger partial charge in [-0.2, -0.15) is 74.6 Å². The second kappa shape index (κ2) is 9.68. The van der Waals surface area contributed by atoms with E-state index in [2.05, 4.69) is 0 Å². The predicted molar refractivity (Wildman–Crippen MR) is 85.0 cm³/mol. The third-order valence-electron chi connectivity index (χ3n) is 4.58. The summed E-state index contributed by atoms with van der Waals surface area (Å²) in [6.45, 7) is 2.78. The third kappa shape index (κ3) is 5.33. The lowest BCUT2D eigenvalue weighted by molar-refractivity contribution is -0.461. The second-order valence-electron chi connectivity index (χ2n) is 7.15. The fourth-order valence-electron chi connectivity index (χ4n) is 2.53. The fourth-order valence-corrected chi connectivity index (χ4v) is 4.90. The van der Waals surface area contributed by atoms with Crippen molar-refractivity contribution in [1.29, 1.82) is 0 Å². The third-order valence-corrected chi connectivity index (χ3v) is 7.54. The van der Waals surface area contributed by atoms with Crippen molar-refractivity contribution in [2.24, 2.45) is 0 Å². The molecule has 0 aliphatic heterocycles. The first-order valence-electron chi connectivity index (χ1n) is 9.07. The maximum absolute atomic E-state index is 13.9. The first-order valence-corrected chi connectivity index (χ1v) is 11.6. The fraction of sp³-hybridized carbons (Fsp3) is 1.00. The van der Waals surface area contributed by atoms with Crippen molar-refractivity contribution in [3.63, 3.8) is 0 Å². The van der Waals surface area contributed by atoms with Crippen LogP contribution < -0.4 is 0 Å². The Morgan fingerprint density at radius 3 is 1.06 bits per heavy atom. The van der Waals surface area contributed by atoms with E-state index >= 15 is 0 Å². The summed E-state index contributed by atoms with van der Waals surface area (Å²) in [4.78, 5) is 0. The molecule has 35 heavy (non-hydrogen) atoms. The van der Waals surface area contributed by atoms with Gasteiger partial charge in [0.25, 0.3) is 0 Å². The number of halogens is 17. The standard InChI is InChI=1S/C15H17F17O2Si/c1-4-33-35(3,34-5-2)7-6-8(16,17)9(18,19)10(20,21)11(22,23)12(24,25)13(26,27)14(28,29)15(30,31)32/h4-7H2,1-3H3. The molecule has 0 heterocycles. The van der Waals surface area contributed by atoms with Gasteiger partial charge >= 0.3 is 56.2 Å². The van der Waals surface area contributed by atoms with Crippen LogP contribution in [-0.4, -0.2) is 69.4 Å². The molecule has 0 bridgehead atoms. The van der Waals surface area contributed by atoms with Crippen LogP contribution in [0.4, 0.5) is 74.6 Å². The molecule has 0 rings (SSSR count). The van der Waals surface area contributed by atoms with Gasteiger partial charge in [0, 0.05) is 19.6 Å². The highest BCUT2D eigenvalue weighted by Crippen LogP contribution is 2.64. The average molecular weight is 580 g/mol. The van der Waals surface area contributed by atoms with E-state index in [1.54, 1.807) is 0 Å². The van der Waals surface area contributed by atoms with Crippen LogP contribution in [0.1, 0.15) is 20.3 Å². The van der Waals surface area contributed by atoms with E-state index in [0.717, 1.165) is 6.55 Å². The van der Waals surface area contributed by atoms with Gasteiger partial charge in [0.2, 0.25) is 0 Å². The van der Waals surface area contributed by atoms with Crippen LogP contribution in [0.2, 0.25) is 12.6 Å².